The Morgan fingerprint density at radius 3 is 2.39 bits per heavy atom. The van der Waals surface area contributed by atoms with E-state index in [0.29, 0.717) is 13.1 Å². The zero-order chi connectivity index (χ0) is 16.2. The number of carbonyl (C=O) groups excluding carboxylic acids is 1. The number of carbonyl (C=O) groups is 1. The van der Waals surface area contributed by atoms with Gasteiger partial charge in [0.1, 0.15) is 0 Å². The van der Waals surface area contributed by atoms with Crippen molar-refractivity contribution in [1.29, 1.82) is 0 Å². The number of rotatable bonds is 2. The van der Waals surface area contributed by atoms with Gasteiger partial charge in [-0.05, 0) is 37.3 Å². The number of hydrogen-bond donors (Lipinski definition) is 1. The summed E-state index contributed by atoms with van der Waals surface area (Å²) in [4.78, 5) is 16.4. The average molecular weight is 330 g/mol. The molecule has 0 bridgehead atoms. The number of urea groups is 1. The number of nitrogens with one attached hydrogen (secondary N) is 1. The molecule has 0 spiro atoms. The summed E-state index contributed by atoms with van der Waals surface area (Å²) in [7, 11) is 0. The highest BCUT2D eigenvalue weighted by Crippen LogP contribution is 2.21. The molecule has 2 aromatic rings. The van der Waals surface area contributed by atoms with Gasteiger partial charge in [0.2, 0.25) is 0 Å². The summed E-state index contributed by atoms with van der Waals surface area (Å²) < 4.78 is 0. The van der Waals surface area contributed by atoms with E-state index in [4.69, 9.17) is 11.6 Å². The fraction of sp³-hybridized carbons (Fsp3) is 0.278. The van der Waals surface area contributed by atoms with Crippen molar-refractivity contribution in [3.05, 3.63) is 59.1 Å². The monoisotopic (exact) mass is 329 g/mol. The standard InChI is InChI=1S/C18H20ClN3O/c1-14-5-7-16(8-6-14)20-18(23)22-11-9-21(10-12-22)17-4-2-3-15(19)13-17/h2-8,13H,9-12H2,1H3,(H,20,23). The van der Waals surface area contributed by atoms with Crippen molar-refractivity contribution < 1.29 is 4.79 Å². The van der Waals surface area contributed by atoms with Gasteiger partial charge in [0, 0.05) is 42.6 Å². The first-order chi connectivity index (χ1) is 11.1. The number of piperazine rings is 1. The summed E-state index contributed by atoms with van der Waals surface area (Å²) in [6, 6.07) is 15.6. The molecule has 1 fully saturated rings. The van der Waals surface area contributed by atoms with Crippen molar-refractivity contribution >= 4 is 29.0 Å². The lowest BCUT2D eigenvalue weighted by molar-refractivity contribution is 0.208. The third-order valence-electron chi connectivity index (χ3n) is 4.04. The second kappa shape index (κ2) is 6.92. The van der Waals surface area contributed by atoms with Crippen molar-refractivity contribution in [1.82, 2.24) is 4.90 Å². The van der Waals surface area contributed by atoms with Gasteiger partial charge >= 0.3 is 6.03 Å². The summed E-state index contributed by atoms with van der Waals surface area (Å²) in [5, 5.41) is 3.69. The Hall–Kier alpha value is -2.20. The second-order valence-electron chi connectivity index (χ2n) is 5.75. The van der Waals surface area contributed by atoms with Crippen molar-refractivity contribution in [3.63, 3.8) is 0 Å². The predicted molar refractivity (Wildman–Crippen MR) is 95.4 cm³/mol. The Morgan fingerprint density at radius 2 is 1.74 bits per heavy atom. The molecular weight excluding hydrogens is 310 g/mol. The highest BCUT2D eigenvalue weighted by Gasteiger charge is 2.21. The lowest BCUT2D eigenvalue weighted by Gasteiger charge is -2.36. The second-order valence-corrected chi connectivity index (χ2v) is 6.19. The summed E-state index contributed by atoms with van der Waals surface area (Å²) in [5.41, 5.74) is 3.12. The quantitative estimate of drug-likeness (QED) is 0.903. The molecule has 0 radical (unpaired) electrons. The highest BCUT2D eigenvalue weighted by molar-refractivity contribution is 6.30. The molecule has 0 saturated carbocycles. The van der Waals surface area contributed by atoms with Crippen LogP contribution >= 0.6 is 11.6 Å². The number of amides is 2. The summed E-state index contributed by atoms with van der Waals surface area (Å²) >= 11 is 6.04. The highest BCUT2D eigenvalue weighted by atomic mass is 35.5. The van der Waals surface area contributed by atoms with Gasteiger partial charge in [-0.25, -0.2) is 4.79 Å². The molecule has 0 aromatic heterocycles. The lowest BCUT2D eigenvalue weighted by atomic mass is 10.2. The van der Waals surface area contributed by atoms with Crippen molar-refractivity contribution in [2.24, 2.45) is 0 Å². The number of aryl methyl sites for hydroxylation is 1. The van der Waals surface area contributed by atoms with Crippen LogP contribution in [-0.2, 0) is 0 Å². The number of hydrogen-bond acceptors (Lipinski definition) is 2. The number of anilines is 2. The maximum atomic E-state index is 12.3. The molecule has 1 saturated heterocycles. The van der Waals surface area contributed by atoms with Gasteiger partial charge < -0.3 is 15.1 Å². The van der Waals surface area contributed by atoms with Gasteiger partial charge in [-0.1, -0.05) is 35.4 Å². The minimum Gasteiger partial charge on any atom is -0.368 e. The van der Waals surface area contributed by atoms with Crippen molar-refractivity contribution in [2.45, 2.75) is 6.92 Å². The molecule has 0 aliphatic carbocycles. The maximum absolute atomic E-state index is 12.3. The van der Waals surface area contributed by atoms with Crippen LogP contribution in [0.3, 0.4) is 0 Å². The van der Waals surface area contributed by atoms with Crippen molar-refractivity contribution in [3.8, 4) is 0 Å². The van der Waals surface area contributed by atoms with Crippen LogP contribution in [-0.4, -0.2) is 37.1 Å². The van der Waals surface area contributed by atoms with E-state index in [9.17, 15) is 4.79 Å². The Bertz CT molecular complexity index is 679. The summed E-state index contributed by atoms with van der Waals surface area (Å²) in [6.45, 7) is 5.04. The average Bonchev–Trinajstić information content (AvgIpc) is 2.57. The van der Waals surface area contributed by atoms with Crippen LogP contribution in [0.5, 0.6) is 0 Å². The summed E-state index contributed by atoms with van der Waals surface area (Å²) in [5.74, 6) is 0. The Kier molecular flexibility index (Phi) is 4.72. The molecule has 5 heteroatoms. The molecule has 1 aliphatic heterocycles. The van der Waals surface area contributed by atoms with Crippen LogP contribution in [0.15, 0.2) is 48.5 Å². The number of benzene rings is 2. The minimum absolute atomic E-state index is 0.0420. The SMILES string of the molecule is Cc1ccc(NC(=O)N2CCN(c3cccc(Cl)c3)CC2)cc1. The van der Waals surface area contributed by atoms with Gasteiger partial charge in [0.05, 0.1) is 0 Å². The molecule has 0 atom stereocenters. The van der Waals surface area contributed by atoms with Gasteiger partial charge in [0.15, 0.2) is 0 Å². The smallest absolute Gasteiger partial charge is 0.321 e. The van der Waals surface area contributed by atoms with Crippen LogP contribution in [0.4, 0.5) is 16.2 Å². The maximum Gasteiger partial charge on any atom is 0.321 e. The van der Waals surface area contributed by atoms with Gasteiger partial charge in [0.25, 0.3) is 0 Å². The van der Waals surface area contributed by atoms with E-state index in [-0.39, 0.29) is 6.03 Å². The van der Waals surface area contributed by atoms with Crippen LogP contribution in [0.25, 0.3) is 0 Å². The topological polar surface area (TPSA) is 35.6 Å². The fourth-order valence-corrected chi connectivity index (χ4v) is 2.86. The van der Waals surface area contributed by atoms with E-state index < -0.39 is 0 Å². The lowest BCUT2D eigenvalue weighted by Crippen LogP contribution is -2.50. The largest absolute Gasteiger partial charge is 0.368 e. The Balaban J connectivity index is 1.56. The normalized spacial score (nSPS) is 14.7. The third kappa shape index (κ3) is 3.96. The molecule has 120 valence electrons. The minimum atomic E-state index is -0.0420. The zero-order valence-electron chi connectivity index (χ0n) is 13.1. The molecule has 23 heavy (non-hydrogen) atoms. The molecule has 1 N–H and O–H groups in total. The molecule has 3 rings (SSSR count). The molecule has 1 heterocycles. The van der Waals surface area contributed by atoms with Gasteiger partial charge in [-0.2, -0.15) is 0 Å². The third-order valence-corrected chi connectivity index (χ3v) is 4.28. The molecule has 0 unspecified atom stereocenters. The first-order valence-corrected chi connectivity index (χ1v) is 8.13. The van der Waals surface area contributed by atoms with E-state index in [1.807, 2.05) is 60.4 Å². The molecule has 1 aliphatic rings. The predicted octanol–water partition coefficient (Wildman–Crippen LogP) is 4.00. The van der Waals surface area contributed by atoms with Crippen LogP contribution in [0.1, 0.15) is 5.56 Å². The van der Waals surface area contributed by atoms with Crippen LogP contribution in [0, 0.1) is 6.92 Å². The van der Waals surface area contributed by atoms with E-state index in [2.05, 4.69) is 10.2 Å². The van der Waals surface area contributed by atoms with Gasteiger partial charge in [-0.3, -0.25) is 0 Å². The Morgan fingerprint density at radius 1 is 1.04 bits per heavy atom. The molecule has 2 amide bonds. The van der Waals surface area contributed by atoms with Gasteiger partial charge in [-0.15, -0.1) is 0 Å². The van der Waals surface area contributed by atoms with Crippen LogP contribution < -0.4 is 10.2 Å². The number of nitrogens with zero attached hydrogens (tertiary/aromatic N) is 2. The van der Waals surface area contributed by atoms with E-state index >= 15 is 0 Å². The van der Waals surface area contributed by atoms with E-state index in [1.165, 1.54) is 5.56 Å². The van der Waals surface area contributed by atoms with Crippen molar-refractivity contribution in [2.75, 3.05) is 36.4 Å². The zero-order valence-corrected chi connectivity index (χ0v) is 13.9. The summed E-state index contributed by atoms with van der Waals surface area (Å²) in [6.07, 6.45) is 0. The first kappa shape index (κ1) is 15.7. The number of halogens is 1. The fourth-order valence-electron chi connectivity index (χ4n) is 2.68. The molecule has 4 nitrogen and oxygen atoms in total. The van der Waals surface area contributed by atoms with E-state index in [1.54, 1.807) is 0 Å². The van der Waals surface area contributed by atoms with E-state index in [0.717, 1.165) is 29.5 Å². The van der Waals surface area contributed by atoms with Crippen LogP contribution in [0.2, 0.25) is 5.02 Å². The molecule has 2 aromatic carbocycles. The Labute approximate surface area is 141 Å². The first-order valence-electron chi connectivity index (χ1n) is 7.75. The molecular formula is C18H20ClN3O.